The van der Waals surface area contributed by atoms with E-state index in [0.717, 1.165) is 49.2 Å². The lowest BCUT2D eigenvalue weighted by Crippen LogP contribution is -2.45. The number of fused-ring (bicyclic) bond motifs is 5. The Labute approximate surface area is 316 Å². The van der Waals surface area contributed by atoms with Gasteiger partial charge >= 0.3 is 30.0 Å². The third kappa shape index (κ3) is 10.2. The lowest BCUT2D eigenvalue weighted by Gasteiger charge is -2.37. The molecule has 2 unspecified atom stereocenters. The minimum absolute atomic E-state index is 0.0332. The van der Waals surface area contributed by atoms with Gasteiger partial charge < -0.3 is 24.8 Å². The van der Waals surface area contributed by atoms with Gasteiger partial charge in [0.05, 0.1) is 11.1 Å². The molecule has 1 aliphatic heterocycles. The number of amides is 1. The first-order chi connectivity index (χ1) is 25.7. The summed E-state index contributed by atoms with van der Waals surface area (Å²) in [5, 5.41) is 28.4. The van der Waals surface area contributed by atoms with Crippen LogP contribution in [0.4, 0.5) is 10.5 Å². The van der Waals surface area contributed by atoms with E-state index >= 15 is 0 Å². The van der Waals surface area contributed by atoms with Gasteiger partial charge in [0.2, 0.25) is 12.2 Å². The fourth-order valence-corrected chi connectivity index (χ4v) is 7.10. The van der Waals surface area contributed by atoms with Crippen LogP contribution in [0.3, 0.4) is 0 Å². The second kappa shape index (κ2) is 18.7. The summed E-state index contributed by atoms with van der Waals surface area (Å²) >= 11 is 0. The maximum Gasteiger partial charge on any atom is 0.411 e. The zero-order valence-electron chi connectivity index (χ0n) is 31.7. The SMILES string of the molecule is CCCCCCCN(C(=O)O)c1ccc2c(c1)C1(C)CCN(CC)C2C1.Cc1ccc(C(=O)O[C@@H](C(=O)O)[C@@H](OC(=O)c2ccc(C)cc2)C(=O)O)cc1. The highest BCUT2D eigenvalue weighted by atomic mass is 16.6. The minimum Gasteiger partial charge on any atom is -0.478 e. The van der Waals surface area contributed by atoms with Gasteiger partial charge in [-0.25, -0.2) is 24.0 Å². The van der Waals surface area contributed by atoms with Crippen molar-refractivity contribution in [2.75, 3.05) is 24.5 Å². The molecule has 12 heteroatoms. The van der Waals surface area contributed by atoms with E-state index < -0.39 is 42.2 Å². The lowest BCUT2D eigenvalue weighted by molar-refractivity contribution is -0.166. The van der Waals surface area contributed by atoms with Crippen LogP contribution in [0, 0.1) is 13.8 Å². The number of likely N-dealkylation sites (tertiary alicyclic amines) is 1. The molecular weight excluding hydrogens is 692 g/mol. The molecule has 1 amide bonds. The van der Waals surface area contributed by atoms with Crippen molar-refractivity contribution in [2.45, 2.75) is 103 Å². The summed E-state index contributed by atoms with van der Waals surface area (Å²) in [6, 6.07) is 19.0. The van der Waals surface area contributed by atoms with E-state index in [2.05, 4.69) is 37.8 Å². The van der Waals surface area contributed by atoms with Crippen LogP contribution in [0.1, 0.15) is 115 Å². The number of ether oxygens (including phenoxy) is 2. The van der Waals surface area contributed by atoms with Crippen molar-refractivity contribution in [1.82, 2.24) is 4.90 Å². The second-order valence-electron chi connectivity index (χ2n) is 14.3. The number of anilines is 1. The van der Waals surface area contributed by atoms with E-state index in [4.69, 9.17) is 9.47 Å². The number of nitrogens with zero attached hydrogens (tertiary/aromatic N) is 2. The van der Waals surface area contributed by atoms with Crippen molar-refractivity contribution >= 4 is 35.7 Å². The number of unbranched alkanes of at least 4 members (excludes halogenated alkanes) is 4. The molecule has 4 atom stereocenters. The largest absolute Gasteiger partial charge is 0.478 e. The number of carbonyl (C=O) groups excluding carboxylic acids is 2. The Morgan fingerprint density at radius 2 is 1.30 bits per heavy atom. The molecule has 1 saturated heterocycles. The summed E-state index contributed by atoms with van der Waals surface area (Å²) in [6.07, 6.45) is 2.74. The van der Waals surface area contributed by atoms with Crippen LogP contribution in [0.5, 0.6) is 0 Å². The standard InChI is InChI=1S/C22H34N2O2.C20H18O8/c1-4-6-7-8-9-13-24(21(25)26)17-10-11-18-19(15-17)22(3)12-14-23(5-2)20(18)16-22;1-11-3-7-13(8-4-11)19(25)27-15(17(21)22)16(18(23)24)28-20(26)14-9-5-12(2)6-10-14/h10-11,15,20H,4-9,12-14,16H2,1-3H3,(H,25,26);3-10,15-16H,1-2H3,(H,21,22)(H,23,24)/t;15-,16-/m.1/s1. The predicted molar refractivity (Wildman–Crippen MR) is 203 cm³/mol. The van der Waals surface area contributed by atoms with Crippen molar-refractivity contribution < 1.29 is 48.8 Å². The highest BCUT2D eigenvalue weighted by molar-refractivity contribution is 5.95. The zero-order chi connectivity index (χ0) is 39.6. The zero-order valence-corrected chi connectivity index (χ0v) is 31.7. The Morgan fingerprint density at radius 1 is 0.778 bits per heavy atom. The Bertz CT molecular complexity index is 1720. The Hall–Kier alpha value is -5.23. The van der Waals surface area contributed by atoms with Crippen molar-refractivity contribution in [2.24, 2.45) is 0 Å². The Kier molecular flexibility index (Phi) is 14.4. The first-order valence-electron chi connectivity index (χ1n) is 18.6. The van der Waals surface area contributed by atoms with Crippen molar-refractivity contribution in [3.63, 3.8) is 0 Å². The number of benzene rings is 3. The molecular formula is C42H52N2O10. The summed E-state index contributed by atoms with van der Waals surface area (Å²) in [5.41, 5.74) is 5.65. The summed E-state index contributed by atoms with van der Waals surface area (Å²) in [4.78, 5) is 63.3. The van der Waals surface area contributed by atoms with Gasteiger partial charge in [0.15, 0.2) is 0 Å². The average molecular weight is 745 g/mol. The first kappa shape index (κ1) is 41.5. The molecule has 0 saturated carbocycles. The summed E-state index contributed by atoms with van der Waals surface area (Å²) in [6.45, 7) is 13.2. The third-order valence-electron chi connectivity index (χ3n) is 10.3. The highest BCUT2D eigenvalue weighted by Crippen LogP contribution is 2.53. The van der Waals surface area contributed by atoms with E-state index in [9.17, 15) is 39.3 Å². The number of hydrogen-bond donors (Lipinski definition) is 3. The quantitative estimate of drug-likeness (QED) is 0.102. The Morgan fingerprint density at radius 3 is 1.76 bits per heavy atom. The van der Waals surface area contributed by atoms with Crippen molar-refractivity contribution in [3.05, 3.63) is 100 Å². The predicted octanol–water partition coefficient (Wildman–Crippen LogP) is 7.79. The molecule has 1 aliphatic carbocycles. The second-order valence-corrected chi connectivity index (χ2v) is 14.3. The molecule has 0 radical (unpaired) electrons. The fraction of sp³-hybridized carbons (Fsp3) is 0.452. The normalized spacial score (nSPS) is 18.3. The van der Waals surface area contributed by atoms with E-state index in [0.29, 0.717) is 12.6 Å². The topological polar surface area (TPSA) is 171 Å². The van der Waals surface area contributed by atoms with Gasteiger partial charge in [0, 0.05) is 18.3 Å². The van der Waals surface area contributed by atoms with Crippen LogP contribution >= 0.6 is 0 Å². The molecule has 3 N–H and O–H groups in total. The summed E-state index contributed by atoms with van der Waals surface area (Å²) < 4.78 is 9.64. The number of hydrogen-bond acceptors (Lipinski definition) is 8. The number of carboxylic acid groups (broad SMARTS) is 3. The monoisotopic (exact) mass is 744 g/mol. The van der Waals surface area contributed by atoms with Crippen LogP contribution in [-0.4, -0.2) is 82.0 Å². The van der Waals surface area contributed by atoms with Gasteiger partial charge in [-0.05, 0) is 99.1 Å². The molecule has 1 heterocycles. The van der Waals surface area contributed by atoms with E-state index in [-0.39, 0.29) is 16.5 Å². The van der Waals surface area contributed by atoms with Crippen LogP contribution in [0.2, 0.25) is 0 Å². The molecule has 2 bridgehead atoms. The first-order valence-corrected chi connectivity index (χ1v) is 18.6. The maximum absolute atomic E-state index is 12.2. The average Bonchev–Trinajstić information content (AvgIpc) is 3.37. The molecule has 3 aromatic carbocycles. The Balaban J connectivity index is 0.000000241. The lowest BCUT2D eigenvalue weighted by atomic mass is 9.79. The molecule has 2 aliphatic rings. The number of rotatable bonds is 15. The maximum atomic E-state index is 12.2. The summed E-state index contributed by atoms with van der Waals surface area (Å²) in [5.74, 6) is -5.62. The summed E-state index contributed by atoms with van der Waals surface area (Å²) in [7, 11) is 0. The molecule has 5 rings (SSSR count). The fourth-order valence-electron chi connectivity index (χ4n) is 7.10. The van der Waals surface area contributed by atoms with Crippen LogP contribution in [0.25, 0.3) is 0 Å². The number of aryl methyl sites for hydroxylation is 2. The van der Waals surface area contributed by atoms with Crippen molar-refractivity contribution in [3.8, 4) is 0 Å². The van der Waals surface area contributed by atoms with E-state index in [1.807, 2.05) is 6.07 Å². The molecule has 0 spiro atoms. The minimum atomic E-state index is -2.22. The smallest absolute Gasteiger partial charge is 0.411 e. The van der Waals surface area contributed by atoms with Crippen LogP contribution in [-0.2, 0) is 24.5 Å². The van der Waals surface area contributed by atoms with E-state index in [1.165, 1.54) is 61.1 Å². The highest BCUT2D eigenvalue weighted by Gasteiger charge is 2.46. The molecule has 12 nitrogen and oxygen atoms in total. The molecule has 54 heavy (non-hydrogen) atoms. The van der Waals surface area contributed by atoms with Crippen LogP contribution < -0.4 is 4.90 Å². The van der Waals surface area contributed by atoms with Gasteiger partial charge in [-0.15, -0.1) is 0 Å². The van der Waals surface area contributed by atoms with Gasteiger partial charge in [0.1, 0.15) is 0 Å². The van der Waals surface area contributed by atoms with Gasteiger partial charge in [-0.3, -0.25) is 9.80 Å². The van der Waals surface area contributed by atoms with E-state index in [1.54, 1.807) is 43.0 Å². The van der Waals surface area contributed by atoms with Gasteiger partial charge in [-0.1, -0.05) is 87.9 Å². The molecule has 0 aromatic heterocycles. The van der Waals surface area contributed by atoms with Gasteiger partial charge in [0.25, 0.3) is 0 Å². The molecule has 290 valence electrons. The van der Waals surface area contributed by atoms with Crippen LogP contribution in [0.15, 0.2) is 66.7 Å². The number of aliphatic carboxylic acids is 2. The molecule has 3 aromatic rings. The number of esters is 2. The van der Waals surface area contributed by atoms with Crippen molar-refractivity contribution in [1.29, 1.82) is 0 Å². The number of carbonyl (C=O) groups is 5. The number of carboxylic acids is 2. The van der Waals surface area contributed by atoms with Gasteiger partial charge in [-0.2, -0.15) is 0 Å². The third-order valence-corrected chi connectivity index (χ3v) is 10.3. The molecule has 1 fully saturated rings. The number of piperidine rings is 1.